The average Bonchev–Trinajstić information content (AvgIpc) is 1.82. The number of rotatable bonds is 5. The molecule has 0 saturated heterocycles. The van der Waals surface area contributed by atoms with E-state index in [1.807, 2.05) is 0 Å². The molecular weight excluding hydrogens is 629 g/mol. The van der Waals surface area contributed by atoms with Crippen LogP contribution in [-0.4, -0.2) is 61.0 Å². The Morgan fingerprint density at radius 3 is 1.73 bits per heavy atom. The first-order valence-electron chi connectivity index (χ1n) is 3.13. The third-order valence-corrected chi connectivity index (χ3v) is 1.26. The second-order valence-electron chi connectivity index (χ2n) is 2.44. The van der Waals surface area contributed by atoms with Crippen LogP contribution < -0.4 is 10.2 Å². The molecular formula is C6H6O7PbU. The van der Waals surface area contributed by atoms with E-state index in [0.29, 0.717) is 0 Å². The number of aliphatic carboxylic acids is 3. The van der Waals surface area contributed by atoms with Crippen LogP contribution in [0.25, 0.3) is 0 Å². The summed E-state index contributed by atoms with van der Waals surface area (Å²) in [4.78, 5) is 30.2. The van der Waals surface area contributed by atoms with Crippen LogP contribution in [0.4, 0.5) is 0 Å². The van der Waals surface area contributed by atoms with Crippen LogP contribution in [0.15, 0.2) is 0 Å². The fourth-order valence-corrected chi connectivity index (χ4v) is 0.696. The van der Waals surface area contributed by atoms with Gasteiger partial charge < -0.3 is 30.0 Å². The topological polar surface area (TPSA) is 138 Å². The number of carbonyl (C=O) groups excluding carboxylic acids is 2. The van der Waals surface area contributed by atoms with Gasteiger partial charge in [0.05, 0.1) is 12.4 Å². The molecule has 0 rings (SSSR count). The van der Waals surface area contributed by atoms with Gasteiger partial charge in [-0.25, -0.2) is 0 Å². The molecule has 0 heterocycles. The van der Waals surface area contributed by atoms with Gasteiger partial charge in [-0.2, -0.15) is 0 Å². The summed E-state index contributed by atoms with van der Waals surface area (Å²) in [5.74, 6) is -5.67. The van der Waals surface area contributed by atoms with Crippen molar-refractivity contribution in [2.24, 2.45) is 0 Å². The van der Waals surface area contributed by atoms with Gasteiger partial charge in [-0.3, -0.25) is 4.79 Å². The number of carboxylic acids is 3. The smallest absolute Gasteiger partial charge is 0.550 e. The molecule has 15 heavy (non-hydrogen) atoms. The maximum Gasteiger partial charge on any atom is 2.00 e. The molecule has 7 nitrogen and oxygen atoms in total. The molecule has 80 valence electrons. The van der Waals surface area contributed by atoms with Crippen molar-refractivity contribution in [3.05, 3.63) is 0 Å². The molecule has 0 spiro atoms. The molecule has 2 N–H and O–H groups in total. The van der Waals surface area contributed by atoms with Crippen LogP contribution in [0.2, 0.25) is 0 Å². The van der Waals surface area contributed by atoms with Crippen molar-refractivity contribution in [2.75, 3.05) is 0 Å². The molecule has 0 aromatic rings. The minimum absolute atomic E-state index is 0. The first-order valence-corrected chi connectivity index (χ1v) is 3.13. The van der Waals surface area contributed by atoms with Crippen molar-refractivity contribution in [1.82, 2.24) is 0 Å². The molecule has 0 fully saturated rings. The third-order valence-electron chi connectivity index (χ3n) is 1.26. The second-order valence-corrected chi connectivity index (χ2v) is 2.44. The quantitative estimate of drug-likeness (QED) is 0.292. The summed E-state index contributed by atoms with van der Waals surface area (Å²) in [5.41, 5.74) is -2.91. The molecule has 1 atom stereocenters. The molecule has 0 aromatic carbocycles. The van der Waals surface area contributed by atoms with Crippen molar-refractivity contribution >= 4 is 45.2 Å². The summed E-state index contributed by atoms with van der Waals surface area (Å²) in [7, 11) is 0. The largest absolute Gasteiger partial charge is 2.00 e. The van der Waals surface area contributed by atoms with Crippen molar-refractivity contribution in [2.45, 2.75) is 18.4 Å². The van der Waals surface area contributed by atoms with Gasteiger partial charge in [0.2, 0.25) is 0 Å². The van der Waals surface area contributed by atoms with Crippen LogP contribution in [0.5, 0.6) is 0 Å². The van der Waals surface area contributed by atoms with E-state index in [4.69, 9.17) is 10.2 Å². The molecule has 9 heteroatoms. The minimum atomic E-state index is -2.91. The molecule has 0 aliphatic heterocycles. The summed E-state index contributed by atoms with van der Waals surface area (Å²) < 4.78 is 0. The van der Waals surface area contributed by atoms with Gasteiger partial charge in [-0.15, -0.1) is 0 Å². The molecule has 1 unspecified atom stereocenters. The fraction of sp³-hybridized carbons (Fsp3) is 0.500. The first-order chi connectivity index (χ1) is 5.78. The zero-order chi connectivity index (χ0) is 10.6. The van der Waals surface area contributed by atoms with E-state index >= 15 is 0 Å². The van der Waals surface area contributed by atoms with Crippen LogP contribution in [0, 0.1) is 31.1 Å². The molecule has 0 aliphatic carbocycles. The predicted molar refractivity (Wildman–Crippen MR) is 37.6 cm³/mol. The molecule has 0 aromatic heterocycles. The summed E-state index contributed by atoms with van der Waals surface area (Å²) in [6.07, 6.45) is -2.56. The Morgan fingerprint density at radius 2 is 1.53 bits per heavy atom. The predicted octanol–water partition coefficient (Wildman–Crippen LogP) is -4.30. The van der Waals surface area contributed by atoms with Crippen LogP contribution in [0.1, 0.15) is 12.8 Å². The van der Waals surface area contributed by atoms with Gasteiger partial charge in [0, 0.05) is 43.5 Å². The van der Waals surface area contributed by atoms with E-state index in [2.05, 4.69) is 0 Å². The number of hydrogen-bond donors (Lipinski definition) is 2. The van der Waals surface area contributed by atoms with Crippen molar-refractivity contribution in [3.8, 4) is 0 Å². The Morgan fingerprint density at radius 1 is 1.13 bits per heavy atom. The molecule has 0 aliphatic rings. The molecule has 0 amide bonds. The van der Waals surface area contributed by atoms with Gasteiger partial charge in [0.25, 0.3) is 0 Å². The van der Waals surface area contributed by atoms with Crippen molar-refractivity contribution in [1.29, 1.82) is 0 Å². The van der Waals surface area contributed by atoms with Gasteiger partial charge >= 0.3 is 33.3 Å². The van der Waals surface area contributed by atoms with Crippen LogP contribution in [-0.2, 0) is 14.4 Å². The molecule has 0 saturated carbocycles. The SMILES string of the molecule is O=C([O-])CC(O)(CC(=O)O)C(=O)[O-].[Pb+2].[U]. The Balaban J connectivity index is -0.000000720. The molecule has 0 bridgehead atoms. The van der Waals surface area contributed by atoms with E-state index < -0.39 is 36.4 Å². The Hall–Kier alpha value is 0.344. The second kappa shape index (κ2) is 8.49. The van der Waals surface area contributed by atoms with Gasteiger partial charge in [-0.05, 0) is 0 Å². The third kappa shape index (κ3) is 8.18. The Kier molecular flexibility index (Phi) is 11.7. The van der Waals surface area contributed by atoms with Crippen LogP contribution in [0.3, 0.4) is 0 Å². The number of hydrogen-bond acceptors (Lipinski definition) is 6. The van der Waals surface area contributed by atoms with Gasteiger partial charge in [0.1, 0.15) is 5.60 Å². The summed E-state index contributed by atoms with van der Waals surface area (Å²) in [6.45, 7) is 0. The summed E-state index contributed by atoms with van der Waals surface area (Å²) in [6, 6.07) is 0. The zero-order valence-electron chi connectivity index (χ0n) is 7.35. The maximum atomic E-state index is 10.2. The van der Waals surface area contributed by atoms with E-state index in [-0.39, 0.29) is 58.4 Å². The van der Waals surface area contributed by atoms with Crippen molar-refractivity contribution < 1.29 is 65.9 Å². The summed E-state index contributed by atoms with van der Waals surface area (Å²) in [5, 5.41) is 37.2. The maximum absolute atomic E-state index is 10.2. The first kappa shape index (κ1) is 20.7. The Labute approximate surface area is 128 Å². The van der Waals surface area contributed by atoms with Crippen molar-refractivity contribution in [3.63, 3.8) is 0 Å². The number of carbonyl (C=O) groups is 3. The standard InChI is InChI=1S/C6H8O7.Pb.U/c7-3(8)1-6(13,5(11)12)2-4(9)10;;/h13H,1-2H2,(H,7,8)(H,9,10)(H,11,12);;/q;+2;/p-2. The van der Waals surface area contributed by atoms with E-state index in [1.165, 1.54) is 0 Å². The van der Waals surface area contributed by atoms with Gasteiger partial charge in [0.15, 0.2) is 0 Å². The minimum Gasteiger partial charge on any atom is -0.550 e. The summed E-state index contributed by atoms with van der Waals surface area (Å²) >= 11 is 0. The zero-order valence-corrected chi connectivity index (χ0v) is 15.4. The van der Waals surface area contributed by atoms with Crippen LogP contribution >= 0.6 is 0 Å². The monoisotopic (exact) mass is 636 g/mol. The normalized spacial score (nSPS) is 12.6. The molecule has 2 radical (unpaired) electrons. The fourth-order valence-electron chi connectivity index (χ4n) is 0.696. The van der Waals surface area contributed by atoms with E-state index in [1.54, 1.807) is 0 Å². The average molecular weight is 635 g/mol. The van der Waals surface area contributed by atoms with E-state index in [9.17, 15) is 24.6 Å². The Bertz CT molecular complexity index is 238. The van der Waals surface area contributed by atoms with E-state index in [0.717, 1.165) is 0 Å². The number of carboxylic acid groups (broad SMARTS) is 3. The number of aliphatic hydroxyl groups is 1. The van der Waals surface area contributed by atoms with Gasteiger partial charge in [-0.1, -0.05) is 0 Å².